The molecule has 1 aromatic heterocycles. The molecule has 15 heavy (non-hydrogen) atoms. The third-order valence-corrected chi connectivity index (χ3v) is 3.97. The molecule has 0 fully saturated rings. The fraction of sp³-hybridized carbons (Fsp3) is 0.500. The highest BCUT2D eigenvalue weighted by molar-refractivity contribution is 7.12. The summed E-state index contributed by atoms with van der Waals surface area (Å²) in [7, 11) is 0. The maximum Gasteiger partial charge on any atom is 0.0762 e. The lowest BCUT2D eigenvalue weighted by Crippen LogP contribution is -2.29. The van der Waals surface area contributed by atoms with Crippen molar-refractivity contribution >= 4 is 11.3 Å². The minimum Gasteiger partial charge on any atom is -0.271 e. The summed E-state index contributed by atoms with van der Waals surface area (Å²) in [5.41, 5.74) is 4.41. The summed E-state index contributed by atoms with van der Waals surface area (Å²) < 4.78 is 0. The van der Waals surface area contributed by atoms with Gasteiger partial charge in [-0.25, -0.2) is 5.43 Å². The molecule has 0 saturated carbocycles. The smallest absolute Gasteiger partial charge is 0.0762 e. The van der Waals surface area contributed by atoms with Crippen molar-refractivity contribution in [1.82, 2.24) is 5.43 Å². The first-order valence-corrected chi connectivity index (χ1v) is 6.34. The first-order valence-electron chi connectivity index (χ1n) is 5.52. The van der Waals surface area contributed by atoms with E-state index in [0.717, 1.165) is 0 Å². The summed E-state index contributed by atoms with van der Waals surface area (Å²) in [5.74, 6) is 5.66. The SMILES string of the molecule is Cc1ccc(C(NN)C2=CCCCC2)s1. The number of rotatable bonds is 3. The maximum atomic E-state index is 5.66. The van der Waals surface area contributed by atoms with Crippen LogP contribution in [-0.4, -0.2) is 0 Å². The second-order valence-electron chi connectivity index (χ2n) is 4.07. The predicted octanol–water partition coefficient (Wildman–Crippen LogP) is 3.06. The van der Waals surface area contributed by atoms with Gasteiger partial charge in [-0.1, -0.05) is 11.6 Å². The molecule has 3 N–H and O–H groups in total. The van der Waals surface area contributed by atoms with Gasteiger partial charge in [0.1, 0.15) is 0 Å². The lowest BCUT2D eigenvalue weighted by Gasteiger charge is -2.21. The number of hydrogen-bond acceptors (Lipinski definition) is 3. The standard InChI is InChI=1S/C12H18N2S/c1-9-7-8-11(15-9)12(14-13)10-5-3-2-4-6-10/h5,7-8,12,14H,2-4,6,13H2,1H3. The van der Waals surface area contributed by atoms with Gasteiger partial charge >= 0.3 is 0 Å². The molecule has 0 aromatic carbocycles. The minimum atomic E-state index is 0.240. The highest BCUT2D eigenvalue weighted by atomic mass is 32.1. The Morgan fingerprint density at radius 3 is 2.80 bits per heavy atom. The minimum absolute atomic E-state index is 0.240. The Morgan fingerprint density at radius 2 is 2.27 bits per heavy atom. The van der Waals surface area contributed by atoms with Crippen LogP contribution in [0.1, 0.15) is 41.5 Å². The number of aryl methyl sites for hydroxylation is 1. The second-order valence-corrected chi connectivity index (χ2v) is 5.39. The van der Waals surface area contributed by atoms with E-state index in [4.69, 9.17) is 5.84 Å². The van der Waals surface area contributed by atoms with Crippen LogP contribution in [-0.2, 0) is 0 Å². The van der Waals surface area contributed by atoms with E-state index in [1.165, 1.54) is 41.0 Å². The molecule has 1 atom stereocenters. The van der Waals surface area contributed by atoms with Crippen molar-refractivity contribution in [3.63, 3.8) is 0 Å². The Labute approximate surface area is 95.2 Å². The molecule has 1 aromatic rings. The molecule has 2 rings (SSSR count). The molecule has 82 valence electrons. The number of allylic oxidation sites excluding steroid dienone is 1. The van der Waals surface area contributed by atoms with Crippen LogP contribution in [0.15, 0.2) is 23.8 Å². The Morgan fingerprint density at radius 1 is 1.40 bits per heavy atom. The summed E-state index contributed by atoms with van der Waals surface area (Å²) in [4.78, 5) is 2.69. The molecule has 1 aliphatic rings. The lowest BCUT2D eigenvalue weighted by molar-refractivity contribution is 0.572. The van der Waals surface area contributed by atoms with Crippen LogP contribution in [0.2, 0.25) is 0 Å². The molecule has 0 amide bonds. The van der Waals surface area contributed by atoms with E-state index >= 15 is 0 Å². The van der Waals surface area contributed by atoms with Crippen molar-refractivity contribution in [2.24, 2.45) is 5.84 Å². The van der Waals surface area contributed by atoms with Crippen LogP contribution in [0.3, 0.4) is 0 Å². The van der Waals surface area contributed by atoms with Crippen LogP contribution in [0.25, 0.3) is 0 Å². The largest absolute Gasteiger partial charge is 0.271 e. The van der Waals surface area contributed by atoms with Crippen molar-refractivity contribution in [3.8, 4) is 0 Å². The van der Waals surface area contributed by atoms with Gasteiger partial charge in [0.2, 0.25) is 0 Å². The summed E-state index contributed by atoms with van der Waals surface area (Å²) in [6.45, 7) is 2.14. The van der Waals surface area contributed by atoms with Gasteiger partial charge in [-0.3, -0.25) is 5.84 Å². The normalized spacial score (nSPS) is 18.7. The molecule has 0 radical (unpaired) electrons. The quantitative estimate of drug-likeness (QED) is 0.468. The zero-order chi connectivity index (χ0) is 10.7. The van der Waals surface area contributed by atoms with E-state index in [1.54, 1.807) is 0 Å². The van der Waals surface area contributed by atoms with E-state index in [2.05, 4.69) is 30.6 Å². The van der Waals surface area contributed by atoms with Crippen LogP contribution in [0.4, 0.5) is 0 Å². The number of nitrogens with one attached hydrogen (secondary N) is 1. The fourth-order valence-corrected chi connectivity index (χ4v) is 3.09. The van der Waals surface area contributed by atoms with Gasteiger partial charge in [-0.05, 0) is 44.7 Å². The average Bonchev–Trinajstić information content (AvgIpc) is 2.68. The van der Waals surface area contributed by atoms with Crippen LogP contribution >= 0.6 is 11.3 Å². The van der Waals surface area contributed by atoms with E-state index in [0.29, 0.717) is 0 Å². The summed E-state index contributed by atoms with van der Waals surface area (Å²) >= 11 is 1.83. The highest BCUT2D eigenvalue weighted by Gasteiger charge is 2.17. The summed E-state index contributed by atoms with van der Waals surface area (Å²) in [5, 5.41) is 0. The third-order valence-electron chi connectivity index (χ3n) is 2.91. The van der Waals surface area contributed by atoms with Crippen molar-refractivity contribution in [2.45, 2.75) is 38.6 Å². The Balaban J connectivity index is 2.19. The molecule has 0 spiro atoms. The Kier molecular flexibility index (Phi) is 3.57. The van der Waals surface area contributed by atoms with Crippen molar-refractivity contribution < 1.29 is 0 Å². The van der Waals surface area contributed by atoms with Crippen LogP contribution < -0.4 is 11.3 Å². The van der Waals surface area contributed by atoms with Gasteiger partial charge in [-0.2, -0.15) is 0 Å². The number of nitrogens with two attached hydrogens (primary N) is 1. The first kappa shape index (κ1) is 10.9. The molecular weight excluding hydrogens is 204 g/mol. The van der Waals surface area contributed by atoms with Gasteiger partial charge in [0.15, 0.2) is 0 Å². The van der Waals surface area contributed by atoms with Crippen LogP contribution in [0.5, 0.6) is 0 Å². The topological polar surface area (TPSA) is 38.0 Å². The van der Waals surface area contributed by atoms with Gasteiger partial charge in [0.25, 0.3) is 0 Å². The summed E-state index contributed by atoms with van der Waals surface area (Å²) in [6, 6.07) is 4.58. The second kappa shape index (κ2) is 4.92. The lowest BCUT2D eigenvalue weighted by atomic mass is 9.93. The molecule has 1 heterocycles. The molecule has 3 heteroatoms. The van der Waals surface area contributed by atoms with Crippen molar-refractivity contribution in [1.29, 1.82) is 0 Å². The molecule has 0 bridgehead atoms. The molecule has 1 aliphatic carbocycles. The predicted molar refractivity (Wildman–Crippen MR) is 65.7 cm³/mol. The van der Waals surface area contributed by atoms with E-state index in [1.807, 2.05) is 11.3 Å². The fourth-order valence-electron chi connectivity index (χ4n) is 2.11. The third kappa shape index (κ3) is 2.48. The average molecular weight is 222 g/mol. The molecule has 2 nitrogen and oxygen atoms in total. The van der Waals surface area contributed by atoms with Crippen molar-refractivity contribution in [3.05, 3.63) is 33.5 Å². The molecule has 0 aliphatic heterocycles. The number of hydrazine groups is 1. The van der Waals surface area contributed by atoms with E-state index in [-0.39, 0.29) is 6.04 Å². The Bertz CT molecular complexity index is 354. The number of thiophene rings is 1. The van der Waals surface area contributed by atoms with E-state index < -0.39 is 0 Å². The van der Waals surface area contributed by atoms with Gasteiger partial charge < -0.3 is 0 Å². The first-order chi connectivity index (χ1) is 7.31. The Hall–Kier alpha value is -0.640. The van der Waals surface area contributed by atoms with Crippen molar-refractivity contribution in [2.75, 3.05) is 0 Å². The monoisotopic (exact) mass is 222 g/mol. The van der Waals surface area contributed by atoms with Gasteiger partial charge in [0, 0.05) is 9.75 Å². The highest BCUT2D eigenvalue weighted by Crippen LogP contribution is 2.32. The zero-order valence-corrected chi connectivity index (χ0v) is 9.94. The molecular formula is C12H18N2S. The summed E-state index contributed by atoms with van der Waals surface area (Å²) in [6.07, 6.45) is 7.37. The van der Waals surface area contributed by atoms with Gasteiger partial charge in [-0.15, -0.1) is 11.3 Å². The maximum absolute atomic E-state index is 5.66. The zero-order valence-electron chi connectivity index (χ0n) is 9.12. The van der Waals surface area contributed by atoms with E-state index in [9.17, 15) is 0 Å². The number of hydrogen-bond donors (Lipinski definition) is 2. The molecule has 0 saturated heterocycles. The molecule has 1 unspecified atom stereocenters. The van der Waals surface area contributed by atoms with Crippen LogP contribution in [0, 0.1) is 6.92 Å². The van der Waals surface area contributed by atoms with Gasteiger partial charge in [0.05, 0.1) is 6.04 Å².